The molecule has 2 amide bonds. The normalized spacial score (nSPS) is 14.6. The van der Waals surface area contributed by atoms with Crippen LogP contribution in [0.25, 0.3) is 0 Å². The number of carbonyl (C=O) groups is 2. The molecule has 1 fully saturated rings. The zero-order chi connectivity index (χ0) is 15.7. The highest BCUT2D eigenvalue weighted by Crippen LogP contribution is 2.00. The molecule has 0 radical (unpaired) electrons. The number of hydrogen-bond acceptors (Lipinski definition) is 5. The lowest BCUT2D eigenvalue weighted by atomic mass is 10.3. The zero-order valence-corrected chi connectivity index (χ0v) is 14.7. The number of nitrogens with zero attached hydrogens (tertiary/aromatic N) is 3. The first-order valence-electron chi connectivity index (χ1n) is 7.44. The number of likely N-dealkylation sites (N-methyl/N-ethyl adjacent to an activating group) is 1. The molecule has 0 atom stereocenters. The number of halogens is 1. The standard InChI is InChI=1S/C14H28N4O3.ClH/c1-16(2)14(20)12-17(10-11-21-3)7-4-13(19)18-8-5-15-6-9-18;/h15H,4-12H2,1-3H3;1H. The van der Waals surface area contributed by atoms with Gasteiger partial charge in [0.2, 0.25) is 11.8 Å². The van der Waals surface area contributed by atoms with E-state index in [1.165, 1.54) is 0 Å². The van der Waals surface area contributed by atoms with Gasteiger partial charge in [0.1, 0.15) is 0 Å². The predicted octanol–water partition coefficient (Wildman–Crippen LogP) is -0.733. The van der Waals surface area contributed by atoms with E-state index in [2.05, 4.69) is 5.32 Å². The third kappa shape index (κ3) is 7.93. The Morgan fingerprint density at radius 2 is 1.82 bits per heavy atom. The number of hydrogen-bond donors (Lipinski definition) is 1. The molecular weight excluding hydrogens is 308 g/mol. The van der Waals surface area contributed by atoms with Crippen molar-refractivity contribution in [3.8, 4) is 0 Å². The Morgan fingerprint density at radius 1 is 1.18 bits per heavy atom. The fourth-order valence-corrected chi connectivity index (χ4v) is 2.15. The number of carbonyl (C=O) groups excluding carboxylic acids is 2. The summed E-state index contributed by atoms with van der Waals surface area (Å²) in [4.78, 5) is 29.4. The minimum atomic E-state index is 0. The van der Waals surface area contributed by atoms with Crippen molar-refractivity contribution in [2.24, 2.45) is 0 Å². The Morgan fingerprint density at radius 3 is 2.36 bits per heavy atom. The maximum atomic E-state index is 12.1. The summed E-state index contributed by atoms with van der Waals surface area (Å²) in [6.45, 7) is 5.39. The molecule has 1 aliphatic rings. The second-order valence-electron chi connectivity index (χ2n) is 5.44. The molecule has 1 heterocycles. The van der Waals surface area contributed by atoms with Gasteiger partial charge in [-0.1, -0.05) is 0 Å². The molecule has 1 aliphatic heterocycles. The van der Waals surface area contributed by atoms with E-state index in [9.17, 15) is 9.59 Å². The number of nitrogens with one attached hydrogen (secondary N) is 1. The first-order chi connectivity index (χ1) is 10.0. The van der Waals surface area contributed by atoms with E-state index in [1.54, 1.807) is 26.1 Å². The fraction of sp³-hybridized carbons (Fsp3) is 0.857. The number of piperazine rings is 1. The van der Waals surface area contributed by atoms with Gasteiger partial charge in [0.15, 0.2) is 0 Å². The lowest BCUT2D eigenvalue weighted by molar-refractivity contribution is -0.134. The lowest BCUT2D eigenvalue weighted by Gasteiger charge is -2.29. The molecular formula is C14H29ClN4O3. The van der Waals surface area contributed by atoms with Crippen LogP contribution in [0.2, 0.25) is 0 Å². The summed E-state index contributed by atoms with van der Waals surface area (Å²) in [6.07, 6.45) is 0.449. The highest BCUT2D eigenvalue weighted by atomic mass is 35.5. The van der Waals surface area contributed by atoms with Gasteiger partial charge in [-0.2, -0.15) is 0 Å². The molecule has 130 valence electrons. The third-order valence-corrected chi connectivity index (χ3v) is 3.58. The van der Waals surface area contributed by atoms with Gasteiger partial charge in [-0.05, 0) is 0 Å². The van der Waals surface area contributed by atoms with E-state index in [0.717, 1.165) is 26.2 Å². The molecule has 0 saturated carbocycles. The van der Waals surface area contributed by atoms with Crippen molar-refractivity contribution in [1.82, 2.24) is 20.0 Å². The van der Waals surface area contributed by atoms with Gasteiger partial charge in [0.05, 0.1) is 13.2 Å². The van der Waals surface area contributed by atoms with Gasteiger partial charge in [-0.3, -0.25) is 14.5 Å². The molecule has 0 aromatic carbocycles. The molecule has 1 rings (SSSR count). The van der Waals surface area contributed by atoms with E-state index in [0.29, 0.717) is 32.7 Å². The number of amides is 2. The van der Waals surface area contributed by atoms with Gasteiger partial charge >= 0.3 is 0 Å². The maximum Gasteiger partial charge on any atom is 0.236 e. The maximum absolute atomic E-state index is 12.1. The Balaban J connectivity index is 0.00000441. The average molecular weight is 337 g/mol. The van der Waals surface area contributed by atoms with Gasteiger partial charge in [-0.25, -0.2) is 0 Å². The molecule has 0 unspecified atom stereocenters. The average Bonchev–Trinajstić information content (AvgIpc) is 2.50. The van der Waals surface area contributed by atoms with Gasteiger partial charge in [0, 0.05) is 66.9 Å². The van der Waals surface area contributed by atoms with Crippen LogP contribution in [0.4, 0.5) is 0 Å². The van der Waals surface area contributed by atoms with E-state index < -0.39 is 0 Å². The fourth-order valence-electron chi connectivity index (χ4n) is 2.15. The second-order valence-corrected chi connectivity index (χ2v) is 5.44. The molecule has 1 saturated heterocycles. The number of ether oxygens (including phenoxy) is 1. The smallest absolute Gasteiger partial charge is 0.236 e. The molecule has 0 aromatic rings. The zero-order valence-electron chi connectivity index (χ0n) is 13.8. The van der Waals surface area contributed by atoms with Crippen molar-refractivity contribution in [2.45, 2.75) is 6.42 Å². The van der Waals surface area contributed by atoms with Crippen molar-refractivity contribution >= 4 is 24.2 Å². The van der Waals surface area contributed by atoms with Gasteiger partial charge < -0.3 is 19.9 Å². The third-order valence-electron chi connectivity index (χ3n) is 3.58. The van der Waals surface area contributed by atoms with E-state index >= 15 is 0 Å². The molecule has 0 aliphatic carbocycles. The summed E-state index contributed by atoms with van der Waals surface area (Å²) in [5, 5.41) is 3.23. The van der Waals surface area contributed by atoms with Crippen LogP contribution in [0.3, 0.4) is 0 Å². The topological polar surface area (TPSA) is 65.1 Å². The monoisotopic (exact) mass is 336 g/mol. The molecule has 22 heavy (non-hydrogen) atoms. The Hall–Kier alpha value is -0.890. The largest absolute Gasteiger partial charge is 0.383 e. The highest BCUT2D eigenvalue weighted by Gasteiger charge is 2.18. The van der Waals surface area contributed by atoms with Crippen LogP contribution in [0.15, 0.2) is 0 Å². The number of rotatable bonds is 8. The van der Waals surface area contributed by atoms with E-state index in [4.69, 9.17) is 4.74 Å². The van der Waals surface area contributed by atoms with Crippen molar-refractivity contribution in [2.75, 3.05) is 73.6 Å². The van der Waals surface area contributed by atoms with Crippen molar-refractivity contribution < 1.29 is 14.3 Å². The van der Waals surface area contributed by atoms with Crippen LogP contribution in [0, 0.1) is 0 Å². The first kappa shape index (κ1) is 21.1. The minimum Gasteiger partial charge on any atom is -0.383 e. The molecule has 1 N–H and O–H groups in total. The van der Waals surface area contributed by atoms with Crippen LogP contribution in [0.1, 0.15) is 6.42 Å². The molecule has 7 nitrogen and oxygen atoms in total. The molecule has 0 bridgehead atoms. The quantitative estimate of drug-likeness (QED) is 0.633. The summed E-state index contributed by atoms with van der Waals surface area (Å²) < 4.78 is 5.07. The Labute approximate surface area is 139 Å². The summed E-state index contributed by atoms with van der Waals surface area (Å²) >= 11 is 0. The van der Waals surface area contributed by atoms with Crippen LogP contribution >= 0.6 is 12.4 Å². The minimum absolute atomic E-state index is 0. The lowest BCUT2D eigenvalue weighted by Crippen LogP contribution is -2.47. The highest BCUT2D eigenvalue weighted by molar-refractivity contribution is 5.85. The van der Waals surface area contributed by atoms with Crippen molar-refractivity contribution in [1.29, 1.82) is 0 Å². The van der Waals surface area contributed by atoms with Crippen molar-refractivity contribution in [3.05, 3.63) is 0 Å². The predicted molar refractivity (Wildman–Crippen MR) is 88.3 cm³/mol. The van der Waals surface area contributed by atoms with Crippen LogP contribution in [-0.4, -0.2) is 100 Å². The number of methoxy groups -OCH3 is 1. The van der Waals surface area contributed by atoms with Crippen LogP contribution < -0.4 is 5.32 Å². The summed E-state index contributed by atoms with van der Waals surface area (Å²) in [5.41, 5.74) is 0. The summed E-state index contributed by atoms with van der Waals surface area (Å²) in [5.74, 6) is 0.206. The van der Waals surface area contributed by atoms with Gasteiger partial charge in [-0.15, -0.1) is 12.4 Å². The van der Waals surface area contributed by atoms with Crippen LogP contribution in [0.5, 0.6) is 0 Å². The van der Waals surface area contributed by atoms with E-state index in [1.807, 2.05) is 9.80 Å². The molecule has 0 spiro atoms. The summed E-state index contributed by atoms with van der Waals surface area (Å²) in [7, 11) is 5.11. The molecule has 8 heteroatoms. The molecule has 0 aromatic heterocycles. The Kier molecular flexibility index (Phi) is 11.2. The SMILES string of the molecule is COCCN(CCC(=O)N1CCNCC1)CC(=O)N(C)C.Cl. The second kappa shape index (κ2) is 11.6. The van der Waals surface area contributed by atoms with Crippen LogP contribution in [-0.2, 0) is 14.3 Å². The first-order valence-corrected chi connectivity index (χ1v) is 7.44. The van der Waals surface area contributed by atoms with Crippen molar-refractivity contribution in [3.63, 3.8) is 0 Å². The van der Waals surface area contributed by atoms with Gasteiger partial charge in [0.25, 0.3) is 0 Å². The van der Waals surface area contributed by atoms with E-state index in [-0.39, 0.29) is 24.2 Å². The summed E-state index contributed by atoms with van der Waals surface area (Å²) in [6, 6.07) is 0. The Bertz CT molecular complexity index is 336.